The number of amides is 1. The van der Waals surface area contributed by atoms with Crippen LogP contribution in [0.15, 0.2) is 35.7 Å². The van der Waals surface area contributed by atoms with E-state index in [2.05, 4.69) is 47.4 Å². The molecule has 8 heteroatoms. The molecule has 0 aliphatic heterocycles. The van der Waals surface area contributed by atoms with Crippen LogP contribution in [0.25, 0.3) is 16.2 Å². The smallest absolute Gasteiger partial charge is 0.264 e. The highest BCUT2D eigenvalue weighted by Crippen LogP contribution is 2.29. The van der Waals surface area contributed by atoms with Crippen LogP contribution >= 0.6 is 22.9 Å². The van der Waals surface area contributed by atoms with Gasteiger partial charge in [0.2, 0.25) is 4.96 Å². The number of ether oxygens (including phenoxy) is 1. The molecule has 4 rings (SSSR count). The molecular weight excluding hydrogens is 420 g/mol. The number of rotatable bonds is 5. The van der Waals surface area contributed by atoms with Crippen LogP contribution in [0.1, 0.15) is 22.3 Å². The summed E-state index contributed by atoms with van der Waals surface area (Å²) in [7, 11) is 0. The number of carbonyl (C=O) groups is 1. The van der Waals surface area contributed by atoms with Crippen LogP contribution in [0.4, 0.5) is 5.95 Å². The Bertz CT molecular complexity index is 1240. The number of aryl methyl sites for hydroxylation is 4. The number of benzene rings is 2. The first kappa shape index (κ1) is 20.4. The number of carbonyl (C=O) groups excluding carboxylic acids is 1. The van der Waals surface area contributed by atoms with Crippen molar-refractivity contribution in [3.05, 3.63) is 63.0 Å². The Hall–Kier alpha value is -2.90. The molecule has 30 heavy (non-hydrogen) atoms. The van der Waals surface area contributed by atoms with Gasteiger partial charge in [-0.1, -0.05) is 35.4 Å². The molecule has 0 spiro atoms. The van der Waals surface area contributed by atoms with Crippen molar-refractivity contribution in [1.82, 2.24) is 14.6 Å². The van der Waals surface area contributed by atoms with E-state index in [9.17, 15) is 4.79 Å². The molecule has 0 unspecified atom stereocenters. The summed E-state index contributed by atoms with van der Waals surface area (Å²) in [5.74, 6) is 0.525. The summed E-state index contributed by atoms with van der Waals surface area (Å²) in [4.78, 5) is 17.4. The summed E-state index contributed by atoms with van der Waals surface area (Å²) in [6.07, 6.45) is 0. The molecule has 154 valence electrons. The number of thiazole rings is 1. The minimum Gasteiger partial charge on any atom is -0.484 e. The molecule has 2 heterocycles. The standard InChI is InChI=1S/C22H21ClN4O2S/c1-12-5-6-17(13(2)7-12)18-11-30-22-25-21(26-27(18)22)24-19(28)10-29-16-8-14(3)20(23)15(4)9-16/h5-9,11H,10H2,1-4H3,(H,24,26,28). The molecule has 1 amide bonds. The number of halogens is 1. The number of aromatic nitrogens is 3. The van der Waals surface area contributed by atoms with Crippen molar-refractivity contribution < 1.29 is 9.53 Å². The van der Waals surface area contributed by atoms with Gasteiger partial charge in [-0.25, -0.2) is 4.52 Å². The third kappa shape index (κ3) is 4.04. The van der Waals surface area contributed by atoms with E-state index >= 15 is 0 Å². The van der Waals surface area contributed by atoms with Crippen molar-refractivity contribution in [2.45, 2.75) is 27.7 Å². The first-order valence-corrected chi connectivity index (χ1v) is 10.7. The minimum absolute atomic E-state index is 0.142. The number of hydrogen-bond donors (Lipinski definition) is 1. The van der Waals surface area contributed by atoms with Crippen LogP contribution in [-0.4, -0.2) is 27.1 Å². The van der Waals surface area contributed by atoms with E-state index in [0.717, 1.165) is 27.9 Å². The summed E-state index contributed by atoms with van der Waals surface area (Å²) in [6.45, 7) is 7.80. The van der Waals surface area contributed by atoms with E-state index in [-0.39, 0.29) is 18.5 Å². The summed E-state index contributed by atoms with van der Waals surface area (Å²) >= 11 is 7.65. The van der Waals surface area contributed by atoms with Crippen LogP contribution < -0.4 is 10.1 Å². The monoisotopic (exact) mass is 440 g/mol. The Balaban J connectivity index is 1.48. The lowest BCUT2D eigenvalue weighted by Crippen LogP contribution is -2.21. The van der Waals surface area contributed by atoms with E-state index < -0.39 is 0 Å². The van der Waals surface area contributed by atoms with Crippen molar-refractivity contribution in [2.75, 3.05) is 11.9 Å². The maximum absolute atomic E-state index is 12.3. The van der Waals surface area contributed by atoms with Gasteiger partial charge in [0.15, 0.2) is 6.61 Å². The number of nitrogens with zero attached hydrogens (tertiary/aromatic N) is 3. The van der Waals surface area contributed by atoms with Crippen molar-refractivity contribution in [3.8, 4) is 17.0 Å². The van der Waals surface area contributed by atoms with Gasteiger partial charge in [-0.05, 0) is 56.5 Å². The van der Waals surface area contributed by atoms with Crippen molar-refractivity contribution in [2.24, 2.45) is 0 Å². The summed E-state index contributed by atoms with van der Waals surface area (Å²) in [6, 6.07) is 9.91. The number of anilines is 1. The number of hydrogen-bond acceptors (Lipinski definition) is 5. The summed E-state index contributed by atoms with van der Waals surface area (Å²) in [5.41, 5.74) is 6.22. The second kappa shape index (κ2) is 8.08. The molecule has 2 aromatic carbocycles. The Kier molecular flexibility index (Phi) is 5.49. The van der Waals surface area contributed by atoms with E-state index in [0.29, 0.717) is 15.7 Å². The highest BCUT2D eigenvalue weighted by molar-refractivity contribution is 7.15. The molecule has 0 aliphatic carbocycles. The lowest BCUT2D eigenvalue weighted by molar-refractivity contribution is -0.118. The van der Waals surface area contributed by atoms with Gasteiger partial charge in [-0.2, -0.15) is 4.98 Å². The topological polar surface area (TPSA) is 68.5 Å². The molecule has 0 fully saturated rings. The third-order valence-corrected chi connectivity index (χ3v) is 6.18. The van der Waals surface area contributed by atoms with Gasteiger partial charge >= 0.3 is 0 Å². The maximum atomic E-state index is 12.3. The molecular formula is C22H21ClN4O2S. The van der Waals surface area contributed by atoms with Crippen LogP contribution in [-0.2, 0) is 4.79 Å². The van der Waals surface area contributed by atoms with Crippen LogP contribution in [0.3, 0.4) is 0 Å². The first-order chi connectivity index (χ1) is 14.3. The lowest BCUT2D eigenvalue weighted by atomic mass is 10.0. The molecule has 6 nitrogen and oxygen atoms in total. The van der Waals surface area contributed by atoms with Crippen molar-refractivity contribution in [3.63, 3.8) is 0 Å². The summed E-state index contributed by atoms with van der Waals surface area (Å²) in [5, 5.41) is 9.89. The first-order valence-electron chi connectivity index (χ1n) is 9.43. The van der Waals surface area contributed by atoms with Gasteiger partial charge in [0, 0.05) is 16.0 Å². The Morgan fingerprint density at radius 2 is 1.87 bits per heavy atom. The second-order valence-corrected chi connectivity index (χ2v) is 8.49. The molecule has 0 saturated carbocycles. The SMILES string of the molecule is Cc1ccc(-c2csc3nc(NC(=O)COc4cc(C)c(Cl)c(C)c4)nn23)c(C)c1. The Morgan fingerprint density at radius 1 is 1.13 bits per heavy atom. The predicted molar refractivity (Wildman–Crippen MR) is 121 cm³/mol. The average molecular weight is 441 g/mol. The fraction of sp³-hybridized carbons (Fsp3) is 0.227. The van der Waals surface area contributed by atoms with Crippen LogP contribution in [0.2, 0.25) is 5.02 Å². The quantitative estimate of drug-likeness (QED) is 0.453. The predicted octanol–water partition coefficient (Wildman–Crippen LogP) is 5.36. The third-order valence-electron chi connectivity index (χ3n) is 4.77. The Labute approximate surface area is 183 Å². The normalized spacial score (nSPS) is 11.1. The van der Waals surface area contributed by atoms with E-state index in [4.69, 9.17) is 16.3 Å². The molecule has 0 atom stereocenters. The second-order valence-electron chi connectivity index (χ2n) is 7.28. The zero-order chi connectivity index (χ0) is 21.4. The molecule has 4 aromatic rings. The minimum atomic E-state index is -0.327. The zero-order valence-electron chi connectivity index (χ0n) is 17.1. The highest BCUT2D eigenvalue weighted by Gasteiger charge is 2.15. The van der Waals surface area contributed by atoms with Gasteiger partial charge in [0.1, 0.15) is 5.75 Å². The fourth-order valence-electron chi connectivity index (χ4n) is 3.32. The van der Waals surface area contributed by atoms with Gasteiger partial charge in [0.05, 0.1) is 5.69 Å². The van der Waals surface area contributed by atoms with E-state index in [1.54, 1.807) is 4.52 Å². The van der Waals surface area contributed by atoms with Crippen molar-refractivity contribution >= 4 is 39.8 Å². The zero-order valence-corrected chi connectivity index (χ0v) is 18.7. The van der Waals surface area contributed by atoms with Crippen molar-refractivity contribution in [1.29, 1.82) is 0 Å². The number of nitrogens with one attached hydrogen (secondary N) is 1. The molecule has 2 aromatic heterocycles. The molecule has 0 saturated heterocycles. The maximum Gasteiger partial charge on any atom is 0.264 e. The molecule has 0 radical (unpaired) electrons. The average Bonchev–Trinajstić information content (AvgIpc) is 3.25. The van der Waals surface area contributed by atoms with Crippen LogP contribution in [0.5, 0.6) is 5.75 Å². The number of fused-ring (bicyclic) bond motifs is 1. The lowest BCUT2D eigenvalue weighted by Gasteiger charge is -2.09. The van der Waals surface area contributed by atoms with Gasteiger partial charge in [-0.3, -0.25) is 10.1 Å². The van der Waals surface area contributed by atoms with Gasteiger partial charge in [0.25, 0.3) is 11.9 Å². The largest absolute Gasteiger partial charge is 0.484 e. The molecule has 1 N–H and O–H groups in total. The van der Waals surface area contributed by atoms with E-state index in [1.807, 2.05) is 31.4 Å². The fourth-order valence-corrected chi connectivity index (χ4v) is 4.25. The molecule has 0 bridgehead atoms. The van der Waals surface area contributed by atoms with Gasteiger partial charge in [-0.15, -0.1) is 16.4 Å². The van der Waals surface area contributed by atoms with E-state index in [1.165, 1.54) is 16.9 Å². The van der Waals surface area contributed by atoms with Crippen LogP contribution in [0, 0.1) is 27.7 Å². The highest BCUT2D eigenvalue weighted by atomic mass is 35.5. The molecule has 0 aliphatic rings. The Morgan fingerprint density at radius 3 is 2.57 bits per heavy atom. The van der Waals surface area contributed by atoms with Gasteiger partial charge < -0.3 is 4.74 Å². The summed E-state index contributed by atoms with van der Waals surface area (Å²) < 4.78 is 7.36.